The minimum absolute atomic E-state index is 0.0989. The van der Waals surface area contributed by atoms with Gasteiger partial charge in [0, 0.05) is 52.3 Å². The number of carbonyl (C=O) groups is 5. The summed E-state index contributed by atoms with van der Waals surface area (Å²) in [6.45, 7) is 4.65. The number of esters is 5. The fraction of sp³-hybridized carbons (Fsp3) is 0.375. The number of rotatable bonds is 16. The van der Waals surface area contributed by atoms with E-state index in [0.717, 1.165) is 33.8 Å². The van der Waals surface area contributed by atoms with Crippen molar-refractivity contribution in [3.05, 3.63) is 45.5 Å². The summed E-state index contributed by atoms with van der Waals surface area (Å²) in [7, 11) is 2.66. The van der Waals surface area contributed by atoms with Crippen LogP contribution in [0.25, 0.3) is 22.3 Å². The molecule has 3 rings (SSSR count). The van der Waals surface area contributed by atoms with E-state index in [0.29, 0.717) is 0 Å². The first kappa shape index (κ1) is 38.6. The Balaban J connectivity index is 2.27. The van der Waals surface area contributed by atoms with Crippen LogP contribution in [0.4, 0.5) is 0 Å². The molecule has 0 saturated heterocycles. The van der Waals surface area contributed by atoms with Gasteiger partial charge in [0.1, 0.15) is 41.8 Å². The number of fused-ring (bicyclic) bond motifs is 1. The van der Waals surface area contributed by atoms with Gasteiger partial charge >= 0.3 is 29.8 Å². The summed E-state index contributed by atoms with van der Waals surface area (Å²) in [4.78, 5) is 84.0. The predicted molar refractivity (Wildman–Crippen MR) is 170 cm³/mol. The van der Waals surface area contributed by atoms with Crippen LogP contribution in [0, 0.1) is 4.91 Å². The van der Waals surface area contributed by atoms with Gasteiger partial charge in [-0.2, -0.15) is 4.91 Å². The molecule has 0 aliphatic heterocycles. The number of nitrogens with zero attached hydrogens (tertiary/aromatic N) is 1. The van der Waals surface area contributed by atoms with Crippen molar-refractivity contribution < 1.29 is 66.3 Å². The van der Waals surface area contributed by atoms with Crippen molar-refractivity contribution >= 4 is 40.8 Å². The van der Waals surface area contributed by atoms with E-state index in [1.54, 1.807) is 0 Å². The monoisotopic (exact) mass is 702 g/mol. The normalized spacial score (nSPS) is 12.5. The lowest BCUT2D eigenvalue weighted by atomic mass is 10.1. The number of methoxy groups -OCH3 is 1. The number of nitroso groups, excluding NO2 is 1. The van der Waals surface area contributed by atoms with Crippen LogP contribution >= 0.6 is 0 Å². The number of ether oxygens (including phenoxy) is 8. The SMILES string of the molecule is CNC(COC(C)=O)OC(Oc1cc(OC(C)=O)c2c(=O)c(OC)c(-c3ccc(OC(C)=O)c(OC(C)=O)c3)oc2c1)C(CN=O)OC(C)=O. The van der Waals surface area contributed by atoms with Gasteiger partial charge in [0.25, 0.3) is 0 Å². The summed E-state index contributed by atoms with van der Waals surface area (Å²) in [5, 5.41) is 5.28. The summed E-state index contributed by atoms with van der Waals surface area (Å²) >= 11 is 0. The highest BCUT2D eigenvalue weighted by molar-refractivity contribution is 5.91. The third-order valence-corrected chi connectivity index (χ3v) is 6.25. The Labute approximate surface area is 283 Å². The Hall–Kier alpha value is -5.88. The molecule has 0 saturated carbocycles. The van der Waals surface area contributed by atoms with E-state index < -0.39 is 60.4 Å². The minimum atomic E-state index is -1.61. The van der Waals surface area contributed by atoms with Gasteiger partial charge < -0.3 is 42.3 Å². The van der Waals surface area contributed by atoms with Crippen LogP contribution in [0.15, 0.2) is 44.7 Å². The first-order chi connectivity index (χ1) is 23.7. The van der Waals surface area contributed by atoms with E-state index >= 15 is 0 Å². The molecule has 1 N–H and O–H groups in total. The van der Waals surface area contributed by atoms with E-state index in [1.165, 1.54) is 45.3 Å². The lowest BCUT2D eigenvalue weighted by Gasteiger charge is -2.29. The molecule has 2 aromatic carbocycles. The standard InChI is InChI=1S/C32H34N2O16/c1-15(35)43-14-27(33-6)50-32(26(13-34-41)47-19(5)39)48-21-11-24(46-18(4)38)28-25(12-21)49-30(31(42-7)29(28)40)20-8-9-22(44-16(2)36)23(10-20)45-17(3)37/h8-12,26-27,32-33H,13-14H2,1-7H3. The molecule has 3 unspecified atom stereocenters. The number of carbonyl (C=O) groups excluding carboxylic acids is 5. The quantitative estimate of drug-likeness (QED) is 0.0978. The Morgan fingerprint density at radius 2 is 1.48 bits per heavy atom. The summed E-state index contributed by atoms with van der Waals surface area (Å²) in [5.74, 6) is -5.03. The molecule has 1 aromatic heterocycles. The number of hydrogen-bond donors (Lipinski definition) is 1. The van der Waals surface area contributed by atoms with Crippen molar-refractivity contribution in [3.63, 3.8) is 0 Å². The Bertz CT molecular complexity index is 1830. The van der Waals surface area contributed by atoms with Gasteiger partial charge in [-0.25, -0.2) is 0 Å². The minimum Gasteiger partial charge on any atom is -0.490 e. The molecule has 0 amide bonds. The summed E-state index contributed by atoms with van der Waals surface area (Å²) in [6.07, 6.45) is -4.12. The molecule has 0 radical (unpaired) electrons. The lowest BCUT2D eigenvalue weighted by Crippen LogP contribution is -2.46. The number of hydrogen-bond acceptors (Lipinski definition) is 18. The third-order valence-electron chi connectivity index (χ3n) is 6.25. The number of likely N-dealkylation sites (N-methyl/N-ethyl adjacent to an activating group) is 1. The Morgan fingerprint density at radius 3 is 2.04 bits per heavy atom. The van der Waals surface area contributed by atoms with Gasteiger partial charge in [-0.15, -0.1) is 0 Å². The molecular formula is C32H34N2O16. The fourth-order valence-electron chi connectivity index (χ4n) is 4.38. The summed E-state index contributed by atoms with van der Waals surface area (Å²) in [6, 6.07) is 6.31. The number of nitrogens with one attached hydrogen (secondary N) is 1. The lowest BCUT2D eigenvalue weighted by molar-refractivity contribution is -0.203. The highest BCUT2D eigenvalue weighted by Gasteiger charge is 2.32. The van der Waals surface area contributed by atoms with Gasteiger partial charge in [-0.1, -0.05) is 5.18 Å². The average Bonchev–Trinajstić information content (AvgIpc) is 3.01. The van der Waals surface area contributed by atoms with Gasteiger partial charge in [0.05, 0.1) is 7.11 Å². The van der Waals surface area contributed by atoms with E-state index in [4.69, 9.17) is 42.3 Å². The predicted octanol–water partition coefficient (Wildman–Crippen LogP) is 2.77. The molecule has 0 fully saturated rings. The average molecular weight is 703 g/mol. The Kier molecular flexibility index (Phi) is 13.5. The zero-order chi connectivity index (χ0) is 37.1. The zero-order valence-corrected chi connectivity index (χ0v) is 28.0. The maximum atomic E-state index is 13.8. The second-order valence-electron chi connectivity index (χ2n) is 10.2. The van der Waals surface area contributed by atoms with Crippen molar-refractivity contribution in [2.45, 2.75) is 53.2 Å². The molecule has 1 heterocycles. The van der Waals surface area contributed by atoms with Crippen LogP contribution in [-0.4, -0.2) is 75.8 Å². The van der Waals surface area contributed by atoms with Crippen molar-refractivity contribution in [2.24, 2.45) is 5.18 Å². The first-order valence-corrected chi connectivity index (χ1v) is 14.6. The van der Waals surface area contributed by atoms with Crippen LogP contribution in [0.5, 0.6) is 28.7 Å². The first-order valence-electron chi connectivity index (χ1n) is 14.6. The van der Waals surface area contributed by atoms with Gasteiger partial charge in [-0.3, -0.25) is 34.1 Å². The number of benzene rings is 2. The molecule has 3 atom stereocenters. The van der Waals surface area contributed by atoms with E-state index in [9.17, 15) is 33.7 Å². The van der Waals surface area contributed by atoms with Crippen LogP contribution < -0.4 is 34.4 Å². The van der Waals surface area contributed by atoms with Gasteiger partial charge in [-0.05, 0) is 25.2 Å². The second kappa shape index (κ2) is 17.5. The van der Waals surface area contributed by atoms with Crippen LogP contribution in [0.1, 0.15) is 34.6 Å². The second-order valence-corrected chi connectivity index (χ2v) is 10.2. The van der Waals surface area contributed by atoms with E-state index in [-0.39, 0.29) is 57.6 Å². The smallest absolute Gasteiger partial charge is 0.308 e. The molecule has 18 heteroatoms. The van der Waals surface area contributed by atoms with Crippen LogP contribution in [0.3, 0.4) is 0 Å². The van der Waals surface area contributed by atoms with Gasteiger partial charge in [0.15, 0.2) is 23.4 Å². The van der Waals surface area contributed by atoms with E-state index in [1.807, 2.05) is 0 Å². The molecule has 0 bridgehead atoms. The highest BCUT2D eigenvalue weighted by Crippen LogP contribution is 2.40. The molecular weight excluding hydrogens is 668 g/mol. The zero-order valence-electron chi connectivity index (χ0n) is 28.0. The molecule has 3 aromatic rings. The van der Waals surface area contributed by atoms with Crippen molar-refractivity contribution in [2.75, 3.05) is 27.3 Å². The van der Waals surface area contributed by atoms with Crippen LogP contribution in [-0.2, 0) is 38.2 Å². The van der Waals surface area contributed by atoms with Crippen molar-refractivity contribution in [1.82, 2.24) is 5.32 Å². The molecule has 18 nitrogen and oxygen atoms in total. The maximum absolute atomic E-state index is 13.8. The highest BCUT2D eigenvalue weighted by atomic mass is 16.7. The van der Waals surface area contributed by atoms with Gasteiger partial charge in [0.2, 0.25) is 17.5 Å². The molecule has 0 aliphatic rings. The molecule has 50 heavy (non-hydrogen) atoms. The third kappa shape index (κ3) is 10.3. The molecule has 268 valence electrons. The molecule has 0 spiro atoms. The molecule has 0 aliphatic carbocycles. The van der Waals surface area contributed by atoms with Crippen molar-refractivity contribution in [1.29, 1.82) is 0 Å². The fourth-order valence-corrected chi connectivity index (χ4v) is 4.38. The van der Waals surface area contributed by atoms with E-state index in [2.05, 4.69) is 10.5 Å². The summed E-state index contributed by atoms with van der Waals surface area (Å²) < 4.78 is 49.2. The van der Waals surface area contributed by atoms with Crippen LogP contribution in [0.2, 0.25) is 0 Å². The largest absolute Gasteiger partial charge is 0.490 e. The summed E-state index contributed by atoms with van der Waals surface area (Å²) in [5.41, 5.74) is -0.889. The topological polar surface area (TPSA) is 231 Å². The van der Waals surface area contributed by atoms with Crippen molar-refractivity contribution in [3.8, 4) is 40.1 Å². The maximum Gasteiger partial charge on any atom is 0.308 e. The Morgan fingerprint density at radius 1 is 0.840 bits per heavy atom.